The summed E-state index contributed by atoms with van der Waals surface area (Å²) < 4.78 is 1.36. The van der Waals surface area contributed by atoms with E-state index in [-0.39, 0.29) is 24.4 Å². The second-order valence-electron chi connectivity index (χ2n) is 7.15. The number of benzene rings is 2. The summed E-state index contributed by atoms with van der Waals surface area (Å²) >= 11 is 0. The molecule has 0 saturated carbocycles. The average Bonchev–Trinajstić information content (AvgIpc) is 2.74. The summed E-state index contributed by atoms with van der Waals surface area (Å²) in [5, 5.41) is 24.2. The Hall–Kier alpha value is -4.07. The molecule has 4 N–H and O–H groups in total. The maximum absolute atomic E-state index is 12.8. The number of hydrogen-bond donors (Lipinski definition) is 4. The fourth-order valence-corrected chi connectivity index (χ4v) is 3.12. The van der Waals surface area contributed by atoms with Crippen LogP contribution in [0, 0.1) is 6.92 Å². The number of amides is 2. The van der Waals surface area contributed by atoms with Crippen molar-refractivity contribution in [2.24, 2.45) is 0 Å². The fourth-order valence-electron chi connectivity index (χ4n) is 3.12. The predicted molar refractivity (Wildman–Crippen MR) is 116 cm³/mol. The zero-order valence-electron chi connectivity index (χ0n) is 16.9. The largest absolute Gasteiger partial charge is 0.505 e. The zero-order valence-corrected chi connectivity index (χ0v) is 16.9. The predicted octanol–water partition coefficient (Wildman–Crippen LogP) is 3.25. The Morgan fingerprint density at radius 3 is 2.35 bits per heavy atom. The highest BCUT2D eigenvalue weighted by molar-refractivity contribution is 5.91. The summed E-state index contributed by atoms with van der Waals surface area (Å²) in [7, 11) is 0. The zero-order chi connectivity index (χ0) is 22.4. The first-order valence-electron chi connectivity index (χ1n) is 9.65. The summed E-state index contributed by atoms with van der Waals surface area (Å²) in [5.41, 5.74) is 1.63. The van der Waals surface area contributed by atoms with E-state index in [1.807, 2.05) is 49.4 Å². The third-order valence-corrected chi connectivity index (χ3v) is 4.74. The molecule has 0 radical (unpaired) electrons. The Bertz CT molecular complexity index is 1120. The van der Waals surface area contributed by atoms with Gasteiger partial charge in [0.25, 0.3) is 5.56 Å². The lowest BCUT2D eigenvalue weighted by atomic mass is 10.0. The van der Waals surface area contributed by atoms with Crippen molar-refractivity contribution in [1.29, 1.82) is 0 Å². The van der Waals surface area contributed by atoms with Gasteiger partial charge in [0.2, 0.25) is 0 Å². The lowest BCUT2D eigenvalue weighted by Gasteiger charge is -2.18. The van der Waals surface area contributed by atoms with Crippen molar-refractivity contribution in [2.75, 3.05) is 5.32 Å². The van der Waals surface area contributed by atoms with Crippen molar-refractivity contribution in [3.05, 3.63) is 93.9 Å². The van der Waals surface area contributed by atoms with E-state index in [0.29, 0.717) is 5.56 Å². The lowest BCUT2D eigenvalue weighted by molar-refractivity contribution is -0.137. The van der Waals surface area contributed by atoms with Crippen molar-refractivity contribution in [3.8, 4) is 5.75 Å². The van der Waals surface area contributed by atoms with E-state index in [4.69, 9.17) is 0 Å². The third kappa shape index (κ3) is 5.72. The van der Waals surface area contributed by atoms with Gasteiger partial charge in [0.1, 0.15) is 5.75 Å². The number of nitrogens with one attached hydrogen (secondary N) is 2. The lowest BCUT2D eigenvalue weighted by Crippen LogP contribution is -2.36. The summed E-state index contributed by atoms with van der Waals surface area (Å²) in [5.74, 6) is -1.46. The van der Waals surface area contributed by atoms with Gasteiger partial charge in [0.05, 0.1) is 19.0 Å². The average molecular weight is 421 g/mol. The van der Waals surface area contributed by atoms with Crippen molar-refractivity contribution in [2.45, 2.75) is 25.9 Å². The molecule has 0 bridgehead atoms. The number of pyridine rings is 1. The monoisotopic (exact) mass is 421 g/mol. The Morgan fingerprint density at radius 1 is 1.03 bits per heavy atom. The van der Waals surface area contributed by atoms with Crippen molar-refractivity contribution < 1.29 is 19.8 Å². The van der Waals surface area contributed by atoms with Crippen molar-refractivity contribution in [1.82, 2.24) is 9.88 Å². The first-order valence-corrected chi connectivity index (χ1v) is 9.65. The number of nitrogens with zero attached hydrogens (tertiary/aromatic N) is 1. The van der Waals surface area contributed by atoms with E-state index < -0.39 is 23.6 Å². The molecular weight excluding hydrogens is 398 g/mol. The smallest absolute Gasteiger partial charge is 0.319 e. The van der Waals surface area contributed by atoms with Gasteiger partial charge in [0, 0.05) is 6.20 Å². The molecule has 1 heterocycles. The van der Waals surface area contributed by atoms with Crippen LogP contribution in [0.5, 0.6) is 5.75 Å². The Morgan fingerprint density at radius 2 is 1.71 bits per heavy atom. The molecule has 8 heteroatoms. The third-order valence-electron chi connectivity index (χ3n) is 4.74. The molecule has 8 nitrogen and oxygen atoms in total. The minimum absolute atomic E-state index is 0.265. The molecule has 0 spiro atoms. The maximum atomic E-state index is 12.8. The summed E-state index contributed by atoms with van der Waals surface area (Å²) in [6.45, 7) is 2.16. The standard InChI is InChI=1S/C23H23N3O5/c1-15-7-9-17(10-8-15)18(13-20(28)29)24-23(31)25-21-19(27)11-12-26(22(21)30)14-16-5-3-2-4-6-16/h2-12,18,27H,13-14H2,1H3,(H,28,29)(H2,24,25,31)/t18-/m1/s1. The molecule has 0 aliphatic carbocycles. The molecule has 2 amide bonds. The van der Waals surface area contributed by atoms with Gasteiger partial charge in [-0.2, -0.15) is 0 Å². The molecule has 31 heavy (non-hydrogen) atoms. The molecule has 3 aromatic rings. The first-order chi connectivity index (χ1) is 14.8. The number of carboxylic acid groups (broad SMARTS) is 1. The molecule has 2 aromatic carbocycles. The fraction of sp³-hybridized carbons (Fsp3) is 0.174. The van der Waals surface area contributed by atoms with Crippen LogP contribution in [0.15, 0.2) is 71.7 Å². The number of aromatic nitrogens is 1. The molecule has 0 fully saturated rings. The highest BCUT2D eigenvalue weighted by Crippen LogP contribution is 2.20. The van der Waals surface area contributed by atoms with Crippen LogP contribution in [0.1, 0.15) is 29.2 Å². The molecule has 0 saturated heterocycles. The molecule has 0 unspecified atom stereocenters. The van der Waals surface area contributed by atoms with Gasteiger partial charge in [-0.15, -0.1) is 0 Å². The van der Waals surface area contributed by atoms with Crippen LogP contribution in [-0.4, -0.2) is 26.8 Å². The number of aryl methyl sites for hydroxylation is 1. The van der Waals surface area contributed by atoms with Gasteiger partial charge in [-0.1, -0.05) is 60.2 Å². The SMILES string of the molecule is Cc1ccc([C@@H](CC(=O)O)NC(=O)Nc2c(O)ccn(Cc3ccccc3)c2=O)cc1. The van der Waals surface area contributed by atoms with Gasteiger partial charge < -0.3 is 25.4 Å². The molecule has 1 atom stereocenters. The highest BCUT2D eigenvalue weighted by Gasteiger charge is 2.20. The highest BCUT2D eigenvalue weighted by atomic mass is 16.4. The molecule has 3 rings (SSSR count). The van der Waals surface area contributed by atoms with Gasteiger partial charge >= 0.3 is 12.0 Å². The number of carboxylic acids is 1. The van der Waals surface area contributed by atoms with Crippen LogP contribution in [0.4, 0.5) is 10.5 Å². The van der Waals surface area contributed by atoms with Crippen LogP contribution >= 0.6 is 0 Å². The quantitative estimate of drug-likeness (QED) is 0.467. The summed E-state index contributed by atoms with van der Waals surface area (Å²) in [6.07, 6.45) is 1.10. The minimum Gasteiger partial charge on any atom is -0.505 e. The van der Waals surface area contributed by atoms with Crippen LogP contribution in [0.25, 0.3) is 0 Å². The molecular formula is C23H23N3O5. The Kier molecular flexibility index (Phi) is 6.71. The van der Waals surface area contributed by atoms with Crippen LogP contribution < -0.4 is 16.2 Å². The normalized spacial score (nSPS) is 11.5. The Balaban J connectivity index is 1.79. The second kappa shape index (κ2) is 9.62. The van der Waals surface area contributed by atoms with Crippen molar-refractivity contribution >= 4 is 17.7 Å². The first kappa shape index (κ1) is 21.6. The minimum atomic E-state index is -1.08. The Labute approximate surface area is 178 Å². The van der Waals surface area contributed by atoms with E-state index in [1.165, 1.54) is 16.8 Å². The number of aliphatic carboxylic acids is 1. The molecule has 160 valence electrons. The van der Waals surface area contributed by atoms with E-state index in [0.717, 1.165) is 11.1 Å². The number of anilines is 1. The molecule has 1 aromatic heterocycles. The van der Waals surface area contributed by atoms with E-state index in [1.54, 1.807) is 12.1 Å². The number of urea groups is 1. The topological polar surface area (TPSA) is 121 Å². The van der Waals surface area contributed by atoms with Gasteiger partial charge in [-0.05, 0) is 24.1 Å². The number of rotatable bonds is 7. The number of carbonyl (C=O) groups excluding carboxylic acids is 1. The summed E-state index contributed by atoms with van der Waals surface area (Å²) in [4.78, 5) is 36.6. The van der Waals surface area contributed by atoms with Gasteiger partial charge in [-0.25, -0.2) is 4.79 Å². The number of aromatic hydroxyl groups is 1. The van der Waals surface area contributed by atoms with Crippen LogP contribution in [0.2, 0.25) is 0 Å². The number of carbonyl (C=O) groups is 2. The van der Waals surface area contributed by atoms with E-state index in [2.05, 4.69) is 10.6 Å². The summed E-state index contributed by atoms with van der Waals surface area (Å²) in [6, 6.07) is 16.1. The molecule has 0 aliphatic heterocycles. The number of hydrogen-bond acceptors (Lipinski definition) is 4. The van der Waals surface area contributed by atoms with Gasteiger partial charge in [-0.3, -0.25) is 9.59 Å². The van der Waals surface area contributed by atoms with E-state index in [9.17, 15) is 24.6 Å². The van der Waals surface area contributed by atoms with Crippen molar-refractivity contribution in [3.63, 3.8) is 0 Å². The van der Waals surface area contributed by atoms with E-state index >= 15 is 0 Å². The second-order valence-corrected chi connectivity index (χ2v) is 7.15. The van der Waals surface area contributed by atoms with Crippen LogP contribution in [0.3, 0.4) is 0 Å². The van der Waals surface area contributed by atoms with Crippen LogP contribution in [-0.2, 0) is 11.3 Å². The maximum Gasteiger partial charge on any atom is 0.319 e. The van der Waals surface area contributed by atoms with Gasteiger partial charge in [0.15, 0.2) is 5.69 Å². The molecule has 0 aliphatic rings.